The highest BCUT2D eigenvalue weighted by Gasteiger charge is 2.66. The van der Waals surface area contributed by atoms with E-state index in [1.165, 1.54) is 0 Å². The molecule has 50 heavy (non-hydrogen) atoms. The van der Waals surface area contributed by atoms with Gasteiger partial charge in [-0.15, -0.1) is 0 Å². The summed E-state index contributed by atoms with van der Waals surface area (Å²) in [6.07, 6.45) is -7.35. The fraction of sp³-hybridized carbons (Fsp3) is 0.514. The number of carbonyl (C=O) groups is 5. The van der Waals surface area contributed by atoms with Crippen LogP contribution >= 0.6 is 0 Å². The maximum Gasteiger partial charge on any atom is 0.235 e. The number of benzene rings is 2. The number of aromatic hydroxyl groups is 1. The van der Waals surface area contributed by atoms with Crippen molar-refractivity contribution in [3.63, 3.8) is 0 Å². The van der Waals surface area contributed by atoms with Crippen LogP contribution in [0.15, 0.2) is 30.3 Å². The van der Waals surface area contributed by atoms with Crippen LogP contribution < -0.4 is 15.4 Å². The molecule has 2 aromatic carbocycles. The monoisotopic (exact) mass is 696 g/mol. The number of aliphatic hydroxyl groups is 5. The lowest BCUT2D eigenvalue weighted by molar-refractivity contribution is -0.277. The molecule has 0 bridgehead atoms. The Balaban J connectivity index is 1.30. The SMILES string of the molecule is CN(C)c1cc(CCc2ccccc2O[C@@H]2O[C@H](CO)[C@H](O)[C@H](O)[C@@H]2O)c(O)c2c1C[C@H]1C[C@H]3CC(=O)C(C(N)=O)C(=O)[C@@]3(O)C(=O)C1C2=O. The van der Waals surface area contributed by atoms with Crippen molar-refractivity contribution >= 4 is 34.7 Å². The third-order valence-electron chi connectivity index (χ3n) is 10.7. The number of nitrogens with zero attached hydrogens (tertiary/aromatic N) is 1. The molecule has 10 atom stereocenters. The van der Waals surface area contributed by atoms with E-state index in [9.17, 15) is 54.6 Å². The van der Waals surface area contributed by atoms with Crippen LogP contribution in [0.4, 0.5) is 5.69 Å². The number of phenols is 1. The van der Waals surface area contributed by atoms with Crippen LogP contribution in [0.1, 0.15) is 39.9 Å². The Labute approximate surface area is 286 Å². The minimum absolute atomic E-state index is 0.0122. The average Bonchev–Trinajstić information content (AvgIpc) is 3.06. The molecule has 1 aliphatic heterocycles. The van der Waals surface area contributed by atoms with Gasteiger partial charge in [-0.25, -0.2) is 0 Å². The highest BCUT2D eigenvalue weighted by Crippen LogP contribution is 2.51. The highest BCUT2D eigenvalue weighted by molar-refractivity contribution is 6.31. The molecule has 8 N–H and O–H groups in total. The molecule has 6 rings (SSSR count). The molecule has 1 heterocycles. The molecule has 3 fully saturated rings. The van der Waals surface area contributed by atoms with Gasteiger partial charge >= 0.3 is 0 Å². The molecular formula is C35H40N2O13. The van der Waals surface area contributed by atoms with Crippen molar-refractivity contribution in [2.75, 3.05) is 25.6 Å². The zero-order valence-corrected chi connectivity index (χ0v) is 27.4. The second-order valence-corrected chi connectivity index (χ2v) is 13.8. The summed E-state index contributed by atoms with van der Waals surface area (Å²) in [7, 11) is 3.51. The standard InChI is InChI=1S/C35H40N2O13/c1-37(2)19-11-15(8-7-14-5-3-4-6-21(14)49-34-30(44)29(43)27(41)22(13-38)50-34)26(40)24-18(19)10-16-9-17-12-20(39)25(33(36)47)32(46)35(17,48)31(45)23(16)28(24)42/h3-6,11,16-17,22-23,25,27,29-30,34,38,40-41,43-44,48H,7-10,12-13H2,1-2H3,(H2,36,47)/t16-,17+,22-,23?,25?,27+,29+,30+,34-,35+/m1/s1. The van der Waals surface area contributed by atoms with Gasteiger partial charge in [-0.1, -0.05) is 18.2 Å². The van der Waals surface area contributed by atoms with E-state index in [1.54, 1.807) is 49.3 Å². The first-order valence-electron chi connectivity index (χ1n) is 16.4. The predicted octanol–water partition coefficient (Wildman–Crippen LogP) is -1.64. The lowest BCUT2D eigenvalue weighted by Gasteiger charge is -2.48. The lowest BCUT2D eigenvalue weighted by Crippen LogP contribution is -2.68. The normalized spacial score (nSPS) is 33.7. The molecule has 1 saturated heterocycles. The molecule has 4 aliphatic rings. The summed E-state index contributed by atoms with van der Waals surface area (Å²) in [4.78, 5) is 67.7. The van der Waals surface area contributed by atoms with Gasteiger partial charge in [0.25, 0.3) is 0 Å². The number of rotatable bonds is 8. The number of anilines is 1. The lowest BCUT2D eigenvalue weighted by atomic mass is 9.53. The number of fused-ring (bicyclic) bond motifs is 3. The van der Waals surface area contributed by atoms with Gasteiger partial charge in [0, 0.05) is 32.1 Å². The fourth-order valence-corrected chi connectivity index (χ4v) is 8.04. The number of phenolic OH excluding ortho intramolecular Hbond substituents is 1. The summed E-state index contributed by atoms with van der Waals surface area (Å²) in [6.45, 7) is -0.631. The Kier molecular flexibility index (Phi) is 9.35. The summed E-state index contributed by atoms with van der Waals surface area (Å²) < 4.78 is 11.4. The van der Waals surface area contributed by atoms with E-state index in [0.29, 0.717) is 22.4 Å². The number of nitrogens with two attached hydrogens (primary N) is 1. The Hall–Kier alpha value is -4.25. The Morgan fingerprint density at radius 1 is 1.00 bits per heavy atom. The number of ether oxygens (including phenoxy) is 2. The van der Waals surface area contributed by atoms with Gasteiger partial charge in [-0.3, -0.25) is 24.0 Å². The number of carbonyl (C=O) groups excluding carboxylic acids is 5. The predicted molar refractivity (Wildman–Crippen MR) is 171 cm³/mol. The van der Waals surface area contributed by atoms with Crippen molar-refractivity contribution in [3.05, 3.63) is 52.6 Å². The largest absolute Gasteiger partial charge is 0.507 e. The minimum Gasteiger partial charge on any atom is -0.507 e. The van der Waals surface area contributed by atoms with Gasteiger partial charge in [0.05, 0.1) is 18.1 Å². The quantitative estimate of drug-likeness (QED) is 0.153. The van der Waals surface area contributed by atoms with Crippen LogP contribution in [0.5, 0.6) is 11.5 Å². The first-order chi connectivity index (χ1) is 23.6. The molecule has 2 aromatic rings. The van der Waals surface area contributed by atoms with Crippen LogP contribution in [-0.4, -0.2) is 117 Å². The molecule has 2 saturated carbocycles. The molecule has 3 aliphatic carbocycles. The van der Waals surface area contributed by atoms with E-state index in [1.807, 2.05) is 0 Å². The van der Waals surface area contributed by atoms with Crippen molar-refractivity contribution in [1.82, 2.24) is 0 Å². The first kappa shape index (κ1) is 35.6. The van der Waals surface area contributed by atoms with Crippen molar-refractivity contribution in [1.29, 1.82) is 0 Å². The van der Waals surface area contributed by atoms with Crippen molar-refractivity contribution < 1.29 is 64.1 Å². The maximum atomic E-state index is 14.2. The second kappa shape index (κ2) is 13.1. The van der Waals surface area contributed by atoms with E-state index in [4.69, 9.17) is 15.2 Å². The zero-order valence-electron chi connectivity index (χ0n) is 27.4. The van der Waals surface area contributed by atoms with Crippen LogP contribution in [0, 0.1) is 23.7 Å². The molecular weight excluding hydrogens is 656 g/mol. The third-order valence-corrected chi connectivity index (χ3v) is 10.7. The summed E-state index contributed by atoms with van der Waals surface area (Å²) in [5.74, 6) is -10.7. The zero-order chi connectivity index (χ0) is 36.4. The van der Waals surface area contributed by atoms with Crippen LogP contribution in [0.2, 0.25) is 0 Å². The average molecular weight is 697 g/mol. The summed E-state index contributed by atoms with van der Waals surface area (Å²) in [6, 6.07) is 8.44. The number of aryl methyl sites for hydroxylation is 2. The van der Waals surface area contributed by atoms with E-state index in [2.05, 4.69) is 0 Å². The first-order valence-corrected chi connectivity index (χ1v) is 16.4. The molecule has 0 radical (unpaired) electrons. The fourth-order valence-electron chi connectivity index (χ4n) is 8.04. The number of ketones is 4. The summed E-state index contributed by atoms with van der Waals surface area (Å²) in [5, 5.41) is 63.4. The maximum absolute atomic E-state index is 14.2. The second-order valence-electron chi connectivity index (χ2n) is 13.8. The van der Waals surface area contributed by atoms with E-state index in [-0.39, 0.29) is 42.7 Å². The van der Waals surface area contributed by atoms with E-state index >= 15 is 0 Å². The molecule has 15 heteroatoms. The van der Waals surface area contributed by atoms with Gasteiger partial charge in [-0.05, 0) is 60.4 Å². The Morgan fingerprint density at radius 3 is 2.34 bits per heavy atom. The van der Waals surface area contributed by atoms with E-state index in [0.717, 1.165) is 0 Å². The van der Waals surface area contributed by atoms with Crippen LogP contribution in [-0.2, 0) is 43.2 Å². The van der Waals surface area contributed by atoms with Gasteiger partial charge < -0.3 is 50.7 Å². The van der Waals surface area contributed by atoms with Crippen molar-refractivity contribution in [2.45, 2.75) is 68.4 Å². The van der Waals surface area contributed by atoms with Crippen molar-refractivity contribution in [2.24, 2.45) is 29.4 Å². The number of hydrogen-bond donors (Lipinski definition) is 7. The summed E-state index contributed by atoms with van der Waals surface area (Å²) >= 11 is 0. The minimum atomic E-state index is -2.75. The van der Waals surface area contributed by atoms with Gasteiger partial charge in [0.2, 0.25) is 12.2 Å². The number of para-hydroxylation sites is 1. The number of amides is 1. The number of primary amides is 1. The Morgan fingerprint density at radius 2 is 1.68 bits per heavy atom. The number of Topliss-reactive ketones (excluding diaryl/α,β-unsaturated/α-hetero) is 4. The molecule has 0 aromatic heterocycles. The third kappa shape index (κ3) is 5.58. The van der Waals surface area contributed by atoms with Gasteiger partial charge in [0.15, 0.2) is 34.7 Å². The topological polar surface area (TPSA) is 254 Å². The number of hydrogen-bond acceptors (Lipinski definition) is 14. The molecule has 0 spiro atoms. The Bertz CT molecular complexity index is 1760. The van der Waals surface area contributed by atoms with Crippen LogP contribution in [0.3, 0.4) is 0 Å². The molecule has 1 amide bonds. The van der Waals surface area contributed by atoms with Crippen LogP contribution in [0.25, 0.3) is 0 Å². The molecule has 2 unspecified atom stereocenters. The summed E-state index contributed by atoms with van der Waals surface area (Å²) in [5.41, 5.74) is 4.43. The number of aliphatic hydroxyl groups excluding tert-OH is 4. The molecule has 15 nitrogen and oxygen atoms in total. The smallest absolute Gasteiger partial charge is 0.235 e. The van der Waals surface area contributed by atoms with Crippen molar-refractivity contribution in [3.8, 4) is 11.5 Å². The van der Waals surface area contributed by atoms with E-state index < -0.39 is 102 Å². The molecule has 268 valence electrons. The van der Waals surface area contributed by atoms with Gasteiger partial charge in [0.1, 0.15) is 35.9 Å². The highest BCUT2D eigenvalue weighted by atomic mass is 16.7. The van der Waals surface area contributed by atoms with Gasteiger partial charge in [-0.2, -0.15) is 0 Å².